The highest BCUT2D eigenvalue weighted by molar-refractivity contribution is 7.17. The van der Waals surface area contributed by atoms with E-state index < -0.39 is 11.9 Å². The molecule has 3 rings (SSSR count). The van der Waals surface area contributed by atoms with E-state index in [4.69, 9.17) is 29.0 Å². The van der Waals surface area contributed by atoms with Gasteiger partial charge in [0.2, 0.25) is 5.91 Å². The number of hydrogen-bond donors (Lipinski definition) is 4. The Balaban J connectivity index is 0.000000501. The standard InChI is InChI=1S/C18H22N2O4S.C2H2O4/c1-2-23-18(22)16-13-6-3-7-14(13)25-17(16)20-15(21)8-9-19-11-12-5-4-10-24-12;3-1(4)2(5)6/h4-5,10,19H,2-3,6-9,11H2,1H3,(H,20,21);(H,3,4)(H,5,6). The molecular weight excluding hydrogens is 428 g/mol. The average Bonchev–Trinajstić information content (AvgIpc) is 3.43. The molecule has 0 bridgehead atoms. The molecule has 0 unspecified atom stereocenters. The molecule has 11 heteroatoms. The lowest BCUT2D eigenvalue weighted by molar-refractivity contribution is -0.159. The highest BCUT2D eigenvalue weighted by atomic mass is 32.1. The number of furan rings is 1. The van der Waals surface area contributed by atoms with Gasteiger partial charge in [-0.15, -0.1) is 11.3 Å². The fourth-order valence-electron chi connectivity index (χ4n) is 2.93. The first-order valence-corrected chi connectivity index (χ1v) is 10.5. The third kappa shape index (κ3) is 7.23. The van der Waals surface area contributed by atoms with Crippen LogP contribution in [0.4, 0.5) is 5.00 Å². The number of anilines is 1. The third-order valence-electron chi connectivity index (χ3n) is 4.24. The molecule has 2 aromatic heterocycles. The number of carbonyl (C=O) groups is 4. The summed E-state index contributed by atoms with van der Waals surface area (Å²) in [5.74, 6) is -3.27. The van der Waals surface area contributed by atoms with Crippen molar-refractivity contribution >= 4 is 40.2 Å². The van der Waals surface area contributed by atoms with Gasteiger partial charge < -0.3 is 30.0 Å². The number of hydrogen-bond acceptors (Lipinski definition) is 8. The highest BCUT2D eigenvalue weighted by Gasteiger charge is 2.28. The van der Waals surface area contributed by atoms with Gasteiger partial charge in [0.1, 0.15) is 10.8 Å². The molecule has 0 fully saturated rings. The van der Waals surface area contributed by atoms with Gasteiger partial charge in [-0.2, -0.15) is 0 Å². The van der Waals surface area contributed by atoms with Crippen LogP contribution < -0.4 is 10.6 Å². The topological polar surface area (TPSA) is 155 Å². The Morgan fingerprint density at radius 2 is 1.94 bits per heavy atom. The lowest BCUT2D eigenvalue weighted by atomic mass is 10.1. The number of thiophene rings is 1. The molecule has 1 amide bonds. The van der Waals surface area contributed by atoms with E-state index in [1.54, 1.807) is 13.2 Å². The Morgan fingerprint density at radius 3 is 2.55 bits per heavy atom. The lowest BCUT2D eigenvalue weighted by Gasteiger charge is -2.08. The molecule has 0 saturated heterocycles. The second-order valence-corrected chi connectivity index (χ2v) is 7.55. The zero-order chi connectivity index (χ0) is 22.8. The van der Waals surface area contributed by atoms with E-state index in [2.05, 4.69) is 10.6 Å². The van der Waals surface area contributed by atoms with Gasteiger partial charge >= 0.3 is 17.9 Å². The quantitative estimate of drug-likeness (QED) is 0.268. The number of rotatable bonds is 8. The molecule has 0 radical (unpaired) electrons. The van der Waals surface area contributed by atoms with Crippen LogP contribution in [0, 0.1) is 0 Å². The summed E-state index contributed by atoms with van der Waals surface area (Å²) in [4.78, 5) is 43.9. The molecule has 4 N–H and O–H groups in total. The minimum Gasteiger partial charge on any atom is -0.473 e. The molecular formula is C20H24N2O8S. The normalized spacial score (nSPS) is 11.8. The molecule has 10 nitrogen and oxygen atoms in total. The number of fused-ring (bicyclic) bond motifs is 1. The van der Waals surface area contributed by atoms with Gasteiger partial charge in [-0.3, -0.25) is 4.79 Å². The number of esters is 1. The van der Waals surface area contributed by atoms with Crippen LogP contribution in [-0.4, -0.2) is 47.2 Å². The van der Waals surface area contributed by atoms with Gasteiger partial charge in [0.05, 0.1) is 25.0 Å². The van der Waals surface area contributed by atoms with Gasteiger partial charge in [0, 0.05) is 17.8 Å². The van der Waals surface area contributed by atoms with Crippen LogP contribution in [0.2, 0.25) is 0 Å². The summed E-state index contributed by atoms with van der Waals surface area (Å²) in [5, 5.41) is 21.5. The third-order valence-corrected chi connectivity index (χ3v) is 5.45. The van der Waals surface area contributed by atoms with Crippen LogP contribution in [0.15, 0.2) is 22.8 Å². The van der Waals surface area contributed by atoms with Crippen molar-refractivity contribution in [2.24, 2.45) is 0 Å². The molecule has 0 atom stereocenters. The molecule has 2 aromatic rings. The van der Waals surface area contributed by atoms with Crippen LogP contribution in [0.5, 0.6) is 0 Å². The predicted molar refractivity (Wildman–Crippen MR) is 111 cm³/mol. The largest absolute Gasteiger partial charge is 0.473 e. The molecule has 0 aromatic carbocycles. The maximum Gasteiger partial charge on any atom is 0.414 e. The minimum absolute atomic E-state index is 0.114. The van der Waals surface area contributed by atoms with Crippen LogP contribution in [0.25, 0.3) is 0 Å². The van der Waals surface area contributed by atoms with Crippen molar-refractivity contribution in [3.63, 3.8) is 0 Å². The summed E-state index contributed by atoms with van der Waals surface area (Å²) >= 11 is 1.50. The lowest BCUT2D eigenvalue weighted by Crippen LogP contribution is -2.22. The van der Waals surface area contributed by atoms with Crippen molar-refractivity contribution in [3.05, 3.63) is 40.2 Å². The zero-order valence-electron chi connectivity index (χ0n) is 16.9. The number of nitrogens with one attached hydrogen (secondary N) is 2. The van der Waals surface area contributed by atoms with Crippen molar-refractivity contribution < 1.29 is 38.5 Å². The van der Waals surface area contributed by atoms with E-state index in [1.165, 1.54) is 16.2 Å². The van der Waals surface area contributed by atoms with Crippen molar-refractivity contribution in [1.82, 2.24) is 5.32 Å². The van der Waals surface area contributed by atoms with Crippen LogP contribution >= 0.6 is 11.3 Å². The van der Waals surface area contributed by atoms with Crippen molar-refractivity contribution in [1.29, 1.82) is 0 Å². The fourth-order valence-corrected chi connectivity index (χ4v) is 4.22. The second-order valence-electron chi connectivity index (χ2n) is 6.45. The maximum absolute atomic E-state index is 12.3. The summed E-state index contributed by atoms with van der Waals surface area (Å²) in [5.41, 5.74) is 1.60. The molecule has 31 heavy (non-hydrogen) atoms. The number of aliphatic carboxylic acids is 2. The molecule has 168 valence electrons. The van der Waals surface area contributed by atoms with E-state index in [-0.39, 0.29) is 11.9 Å². The van der Waals surface area contributed by atoms with Crippen molar-refractivity contribution in [3.8, 4) is 0 Å². The Hall–Kier alpha value is -3.18. The summed E-state index contributed by atoms with van der Waals surface area (Å²) in [6.07, 6.45) is 4.84. The first-order chi connectivity index (χ1) is 14.8. The van der Waals surface area contributed by atoms with Crippen LogP contribution in [0.3, 0.4) is 0 Å². The first kappa shape index (κ1) is 24.1. The first-order valence-electron chi connectivity index (χ1n) is 9.64. The Morgan fingerprint density at radius 1 is 1.19 bits per heavy atom. The van der Waals surface area contributed by atoms with E-state index in [9.17, 15) is 9.59 Å². The second kappa shape index (κ2) is 11.9. The van der Waals surface area contributed by atoms with Crippen molar-refractivity contribution in [2.45, 2.75) is 39.2 Å². The Kier molecular flexibility index (Phi) is 9.22. The predicted octanol–water partition coefficient (Wildman–Crippen LogP) is 2.28. The fraction of sp³-hybridized carbons (Fsp3) is 0.400. The SMILES string of the molecule is CCOC(=O)c1c(NC(=O)CCNCc2ccco2)sc2c1CCC2.O=C(O)C(=O)O. The highest BCUT2D eigenvalue weighted by Crippen LogP contribution is 2.39. The average molecular weight is 452 g/mol. The van der Waals surface area contributed by atoms with Crippen LogP contribution in [0.1, 0.15) is 46.3 Å². The van der Waals surface area contributed by atoms with Gasteiger partial charge in [0.15, 0.2) is 0 Å². The zero-order valence-corrected chi connectivity index (χ0v) is 17.8. The van der Waals surface area contributed by atoms with E-state index in [0.717, 1.165) is 30.6 Å². The smallest absolute Gasteiger partial charge is 0.414 e. The van der Waals surface area contributed by atoms with Gasteiger partial charge in [-0.25, -0.2) is 14.4 Å². The van der Waals surface area contributed by atoms with Crippen molar-refractivity contribution in [2.75, 3.05) is 18.5 Å². The summed E-state index contributed by atoms with van der Waals surface area (Å²) in [7, 11) is 0. The van der Waals surface area contributed by atoms with E-state index in [1.807, 2.05) is 12.1 Å². The van der Waals surface area contributed by atoms with Gasteiger partial charge in [0.25, 0.3) is 0 Å². The number of carboxylic acid groups (broad SMARTS) is 2. The Labute approximate surface area is 182 Å². The summed E-state index contributed by atoms with van der Waals surface area (Å²) in [6, 6.07) is 3.71. The monoisotopic (exact) mass is 452 g/mol. The molecule has 1 aliphatic carbocycles. The number of ether oxygens (including phenoxy) is 1. The summed E-state index contributed by atoms with van der Waals surface area (Å²) in [6.45, 7) is 3.23. The number of amides is 1. The molecule has 2 heterocycles. The number of carboxylic acids is 2. The molecule has 0 spiro atoms. The van der Waals surface area contributed by atoms with E-state index >= 15 is 0 Å². The van der Waals surface area contributed by atoms with Gasteiger partial charge in [-0.1, -0.05) is 0 Å². The minimum atomic E-state index is -1.82. The number of aryl methyl sites for hydroxylation is 1. The Bertz CT molecular complexity index is 908. The van der Waals surface area contributed by atoms with E-state index in [0.29, 0.717) is 36.7 Å². The van der Waals surface area contributed by atoms with Crippen LogP contribution in [-0.2, 0) is 38.5 Å². The number of carbonyl (C=O) groups excluding carboxylic acids is 2. The maximum atomic E-state index is 12.3. The molecule has 0 saturated carbocycles. The molecule has 0 aliphatic heterocycles. The molecule has 1 aliphatic rings. The summed E-state index contributed by atoms with van der Waals surface area (Å²) < 4.78 is 10.4. The van der Waals surface area contributed by atoms with Gasteiger partial charge in [-0.05, 0) is 43.9 Å².